The molecule has 53 heavy (non-hydrogen) atoms. The van der Waals surface area contributed by atoms with Gasteiger partial charge in [0.05, 0.1) is 63.6 Å². The van der Waals surface area contributed by atoms with Crippen LogP contribution >= 0.6 is 0 Å². The summed E-state index contributed by atoms with van der Waals surface area (Å²) in [7, 11) is 5.36. The Morgan fingerprint density at radius 3 is 1.79 bits per heavy atom. The van der Waals surface area contributed by atoms with Crippen LogP contribution in [0.2, 0.25) is 0 Å². The van der Waals surface area contributed by atoms with Crippen molar-refractivity contribution in [2.24, 2.45) is 0 Å². The molecule has 0 spiro atoms. The van der Waals surface area contributed by atoms with Gasteiger partial charge in [0.15, 0.2) is 23.0 Å². The van der Waals surface area contributed by atoms with Gasteiger partial charge in [0.25, 0.3) is 16.9 Å². The zero-order valence-electron chi connectivity index (χ0n) is 29.1. The Morgan fingerprint density at radius 1 is 0.811 bits per heavy atom. The highest BCUT2D eigenvalue weighted by Crippen LogP contribution is 2.36. The highest BCUT2D eigenvalue weighted by molar-refractivity contribution is 5.61. The molecule has 1 aromatic heterocycles. The van der Waals surface area contributed by atoms with Crippen molar-refractivity contribution >= 4 is 23.7 Å². The largest absolute Gasteiger partial charge is 0.508 e. The van der Waals surface area contributed by atoms with E-state index in [0.717, 1.165) is 4.57 Å². The van der Waals surface area contributed by atoms with Crippen LogP contribution in [0.25, 0.3) is 0 Å². The third kappa shape index (κ3) is 9.70. The molecule has 0 saturated carbocycles. The number of ether oxygens (including phenoxy) is 9. The van der Waals surface area contributed by atoms with Crippen molar-refractivity contribution in [2.75, 3.05) is 48.3 Å². The van der Waals surface area contributed by atoms with Gasteiger partial charge in [-0.15, -0.1) is 0 Å². The highest BCUT2D eigenvalue weighted by Gasteiger charge is 2.41. The van der Waals surface area contributed by atoms with Crippen LogP contribution in [0, 0.1) is 27.2 Å². The molecule has 0 bridgehead atoms. The lowest BCUT2D eigenvalue weighted by atomic mass is 10.1. The van der Waals surface area contributed by atoms with Crippen molar-refractivity contribution in [3.8, 4) is 23.0 Å². The quantitative estimate of drug-likeness (QED) is 0.125. The summed E-state index contributed by atoms with van der Waals surface area (Å²) in [5, 5.41) is 23.2. The molecule has 4 rings (SSSR count). The average molecular weight is 749 g/mol. The topological polar surface area (TPSA) is 258 Å². The van der Waals surface area contributed by atoms with E-state index >= 15 is 0 Å². The van der Waals surface area contributed by atoms with Crippen LogP contribution in [-0.4, -0.2) is 92.2 Å². The first-order valence-electron chi connectivity index (χ1n) is 15.7. The molecule has 3 aromatic rings. The van der Waals surface area contributed by atoms with Crippen LogP contribution in [-0.2, 0) is 36.5 Å². The fraction of sp³-hybridized carbons (Fsp3) is 0.438. The number of aromatic amines is 1. The number of benzene rings is 2. The Hall–Kier alpha value is -6.38. The van der Waals surface area contributed by atoms with Gasteiger partial charge in [0, 0.05) is 42.1 Å². The van der Waals surface area contributed by atoms with Crippen LogP contribution < -0.4 is 30.2 Å². The second-order valence-electron chi connectivity index (χ2n) is 11.2. The Morgan fingerprint density at radius 2 is 1.30 bits per heavy atom. The van der Waals surface area contributed by atoms with Crippen molar-refractivity contribution in [2.45, 2.75) is 44.6 Å². The van der Waals surface area contributed by atoms with E-state index in [2.05, 4.69) is 4.98 Å². The predicted octanol–water partition coefficient (Wildman–Crippen LogP) is 3.14. The van der Waals surface area contributed by atoms with Gasteiger partial charge in [0.2, 0.25) is 0 Å². The summed E-state index contributed by atoms with van der Waals surface area (Å²) in [5.41, 5.74) is -1.44. The number of H-pyrrole nitrogens is 1. The van der Waals surface area contributed by atoms with Gasteiger partial charge in [-0.1, -0.05) is 0 Å². The molecule has 286 valence electrons. The molecule has 0 radical (unpaired) electrons. The fourth-order valence-corrected chi connectivity index (χ4v) is 5.34. The molecule has 3 atom stereocenters. The predicted molar refractivity (Wildman–Crippen MR) is 178 cm³/mol. The SMILES string of the molecule is COc1cc(CCOC(=O)OC[C@H]2O[C@@H](n3cc(C)c(=O)[nH]c3=O)C[C@@H]2OC(=O)OCCc2cc(OC)c(OC)cc2[N+](=O)[O-])c([N+](=O)[O-])cc1OC. The maximum absolute atomic E-state index is 12.8. The van der Waals surface area contributed by atoms with Gasteiger partial charge >= 0.3 is 18.0 Å². The number of nitrogens with zero attached hydrogens (tertiary/aromatic N) is 3. The number of hydrogen-bond acceptors (Lipinski definition) is 17. The van der Waals surface area contributed by atoms with Gasteiger partial charge in [-0.05, 0) is 19.1 Å². The van der Waals surface area contributed by atoms with Gasteiger partial charge in [-0.25, -0.2) is 14.4 Å². The smallest absolute Gasteiger partial charge is 0.493 e. The number of nitro benzene ring substituents is 2. The maximum Gasteiger partial charge on any atom is 0.508 e. The summed E-state index contributed by atoms with van der Waals surface area (Å²) in [6.45, 7) is 0.236. The van der Waals surface area contributed by atoms with Crippen LogP contribution in [0.15, 0.2) is 40.1 Å². The summed E-state index contributed by atoms with van der Waals surface area (Å²) in [6.07, 6.45) is -4.89. The number of carbonyl (C=O) groups excluding carboxylic acids is 2. The summed E-state index contributed by atoms with van der Waals surface area (Å²) < 4.78 is 48.5. The van der Waals surface area contributed by atoms with Gasteiger partial charge in [-0.3, -0.25) is 34.6 Å². The first-order chi connectivity index (χ1) is 25.3. The first kappa shape index (κ1) is 39.4. The Labute approximate surface area is 299 Å². The molecule has 2 heterocycles. The summed E-state index contributed by atoms with van der Waals surface area (Å²) in [4.78, 5) is 73.9. The van der Waals surface area contributed by atoms with Crippen LogP contribution in [0.5, 0.6) is 23.0 Å². The molecule has 0 unspecified atom stereocenters. The minimum absolute atomic E-state index is 0.0910. The minimum Gasteiger partial charge on any atom is -0.493 e. The van der Waals surface area contributed by atoms with Crippen LogP contribution in [0.4, 0.5) is 21.0 Å². The fourth-order valence-electron chi connectivity index (χ4n) is 5.34. The first-order valence-corrected chi connectivity index (χ1v) is 15.7. The van der Waals surface area contributed by atoms with E-state index in [0.29, 0.717) is 0 Å². The number of nitro groups is 2. The molecule has 0 aliphatic carbocycles. The third-order valence-electron chi connectivity index (χ3n) is 8.00. The minimum atomic E-state index is -1.20. The molecule has 1 saturated heterocycles. The lowest BCUT2D eigenvalue weighted by Crippen LogP contribution is -2.33. The third-order valence-corrected chi connectivity index (χ3v) is 8.00. The lowest BCUT2D eigenvalue weighted by molar-refractivity contribution is -0.385. The molecule has 2 aromatic carbocycles. The van der Waals surface area contributed by atoms with Gasteiger partial charge < -0.3 is 42.6 Å². The Kier molecular flexibility index (Phi) is 13.2. The molecule has 1 N–H and O–H groups in total. The van der Waals surface area contributed by atoms with E-state index in [-0.39, 0.29) is 83.5 Å². The van der Waals surface area contributed by atoms with E-state index < -0.39 is 58.4 Å². The molecular weight excluding hydrogens is 712 g/mol. The van der Waals surface area contributed by atoms with E-state index in [1.165, 1.54) is 65.8 Å². The van der Waals surface area contributed by atoms with Crippen molar-refractivity contribution in [3.63, 3.8) is 0 Å². The van der Waals surface area contributed by atoms with Gasteiger partial charge in [-0.2, -0.15) is 0 Å². The van der Waals surface area contributed by atoms with Gasteiger partial charge in [0.1, 0.15) is 25.0 Å². The molecule has 0 amide bonds. The van der Waals surface area contributed by atoms with Crippen LogP contribution in [0.1, 0.15) is 29.3 Å². The molecule has 21 nitrogen and oxygen atoms in total. The Balaban J connectivity index is 1.41. The van der Waals surface area contributed by atoms with Crippen LogP contribution in [0.3, 0.4) is 0 Å². The molecule has 1 fully saturated rings. The Bertz CT molecular complexity index is 1960. The normalized spacial score (nSPS) is 16.3. The number of rotatable bonds is 16. The average Bonchev–Trinajstić information content (AvgIpc) is 3.52. The molecule has 1 aliphatic rings. The lowest BCUT2D eigenvalue weighted by Gasteiger charge is -2.18. The molecule has 21 heteroatoms. The number of methoxy groups -OCH3 is 4. The van der Waals surface area contributed by atoms with E-state index in [1.807, 2.05) is 0 Å². The maximum atomic E-state index is 12.8. The van der Waals surface area contributed by atoms with E-state index in [9.17, 15) is 39.4 Å². The van der Waals surface area contributed by atoms with E-state index in [1.54, 1.807) is 0 Å². The van der Waals surface area contributed by atoms with Crippen molar-refractivity contribution in [1.82, 2.24) is 9.55 Å². The standard InChI is InChI=1S/C32H36N4O17/c1-17-15-34(30(38)33-29(17)37)28-14-26(53-32(40)50-9-7-19-11-23(46-3)25(48-5)13-21(19)36(43)44)27(52-28)16-51-31(39)49-8-6-18-10-22(45-2)24(47-4)12-20(18)35(41)42/h10-13,15,26-28H,6-9,14,16H2,1-5H3,(H,33,37,38)/t26-,27+,28+/m0/s1. The van der Waals surface area contributed by atoms with Crippen molar-refractivity contribution < 1.29 is 62.1 Å². The number of aromatic nitrogens is 2. The number of carbonyl (C=O) groups is 2. The van der Waals surface area contributed by atoms with Crippen molar-refractivity contribution in [3.05, 3.63) is 88.2 Å². The summed E-state index contributed by atoms with van der Waals surface area (Å²) in [6, 6.07) is 5.13. The molecule has 1 aliphatic heterocycles. The zero-order valence-corrected chi connectivity index (χ0v) is 29.1. The molecular formula is C32H36N4O17. The van der Waals surface area contributed by atoms with E-state index in [4.69, 9.17) is 42.6 Å². The summed E-state index contributed by atoms with van der Waals surface area (Å²) >= 11 is 0. The highest BCUT2D eigenvalue weighted by atomic mass is 16.7. The number of nitrogens with one attached hydrogen (secondary N) is 1. The summed E-state index contributed by atoms with van der Waals surface area (Å²) in [5.74, 6) is 0.725. The second kappa shape index (κ2) is 17.7. The van der Waals surface area contributed by atoms with Crippen molar-refractivity contribution in [1.29, 1.82) is 0 Å². The number of aryl methyl sites for hydroxylation is 1. The second-order valence-corrected chi connectivity index (χ2v) is 11.2. The number of hydrogen-bond donors (Lipinski definition) is 1. The zero-order chi connectivity index (χ0) is 38.8. The monoisotopic (exact) mass is 748 g/mol.